The number of carbonyl (C=O) groups is 3. The Kier molecular flexibility index (Phi) is 7.59. The van der Waals surface area contributed by atoms with Gasteiger partial charge in [-0.3, -0.25) is 0 Å². The Hall–Kier alpha value is -3.55. The van der Waals surface area contributed by atoms with Crippen molar-refractivity contribution in [2.45, 2.75) is 32.6 Å². The average molecular weight is 400 g/mol. The lowest BCUT2D eigenvalue weighted by Gasteiger charge is -2.34. The van der Waals surface area contributed by atoms with E-state index in [0.717, 1.165) is 16.1 Å². The Morgan fingerprint density at radius 2 is 1.34 bits per heavy atom. The van der Waals surface area contributed by atoms with E-state index < -0.39 is 23.7 Å². The molecule has 0 atom stereocenters. The van der Waals surface area contributed by atoms with Crippen LogP contribution in [0, 0.1) is 0 Å². The van der Waals surface area contributed by atoms with Crippen LogP contribution in [0.5, 0.6) is 0 Å². The summed E-state index contributed by atoms with van der Waals surface area (Å²) in [5, 5.41) is 0.759. The molecule has 0 bridgehead atoms. The summed E-state index contributed by atoms with van der Waals surface area (Å²) in [6.45, 7) is 2.80. The van der Waals surface area contributed by atoms with Crippen molar-refractivity contribution in [1.29, 1.82) is 0 Å². The first kappa shape index (κ1) is 21.7. The van der Waals surface area contributed by atoms with Gasteiger partial charge in [0.05, 0.1) is 7.11 Å². The summed E-state index contributed by atoms with van der Waals surface area (Å²) in [4.78, 5) is 37.0. The van der Waals surface area contributed by atoms with Crippen molar-refractivity contribution in [2.75, 3.05) is 7.11 Å². The number of benzene rings is 2. The lowest BCUT2D eigenvalue weighted by molar-refractivity contribution is -0.153. The molecule has 0 radical (unpaired) electrons. The maximum absolute atomic E-state index is 12.6. The summed E-state index contributed by atoms with van der Waals surface area (Å²) < 4.78 is 15.1. The highest BCUT2D eigenvalue weighted by Crippen LogP contribution is 2.17. The normalized spacial score (nSPS) is 10.6. The largest absolute Gasteiger partial charge is 0.467 e. The van der Waals surface area contributed by atoms with E-state index in [1.807, 2.05) is 24.3 Å². The molecule has 2 aromatic carbocycles. The second-order valence-electron chi connectivity index (χ2n) is 6.60. The van der Waals surface area contributed by atoms with Crippen molar-refractivity contribution in [3.63, 3.8) is 0 Å². The Morgan fingerprint density at radius 3 is 1.83 bits per heavy atom. The van der Waals surface area contributed by atoms with Gasteiger partial charge in [0.2, 0.25) is 0 Å². The summed E-state index contributed by atoms with van der Waals surface area (Å²) in [6, 6.07) is 18.0. The first-order chi connectivity index (χ1) is 13.8. The maximum Gasteiger partial charge on any atom is 0.430 e. The molecule has 0 heterocycles. The molecule has 0 aromatic heterocycles. The van der Waals surface area contributed by atoms with E-state index in [-0.39, 0.29) is 13.2 Å². The molecular formula is C21H24N2O6. The van der Waals surface area contributed by atoms with Crippen LogP contribution in [0.4, 0.5) is 9.59 Å². The maximum atomic E-state index is 12.6. The first-order valence-electron chi connectivity index (χ1n) is 8.91. The molecule has 154 valence electrons. The quantitative estimate of drug-likeness (QED) is 0.454. The van der Waals surface area contributed by atoms with Gasteiger partial charge in [-0.05, 0) is 25.0 Å². The molecule has 2 rings (SSSR count). The van der Waals surface area contributed by atoms with Gasteiger partial charge in [-0.15, -0.1) is 0 Å². The van der Waals surface area contributed by atoms with Crippen LogP contribution >= 0.6 is 0 Å². The summed E-state index contributed by atoms with van der Waals surface area (Å²) in [5.74, 6) is -0.738. The van der Waals surface area contributed by atoms with Gasteiger partial charge >= 0.3 is 18.2 Å². The van der Waals surface area contributed by atoms with E-state index in [4.69, 9.17) is 14.2 Å². The molecule has 29 heavy (non-hydrogen) atoms. The zero-order valence-corrected chi connectivity index (χ0v) is 16.6. The number of nitrogens with zero attached hydrogens (tertiary/aromatic N) is 1. The van der Waals surface area contributed by atoms with Crippen LogP contribution in [-0.2, 0) is 32.2 Å². The predicted octanol–water partition coefficient (Wildman–Crippen LogP) is 3.42. The van der Waals surface area contributed by atoms with Crippen LogP contribution in [0.3, 0.4) is 0 Å². The standard InChI is InChI=1S/C21H24N2O6/c1-21(2,18(24)27-3)23(20(26)29-15-17-12-8-5-9-13-17)22-19(25)28-14-16-10-6-4-7-11-16/h4-13H,14-15H2,1-3H3,(H,22,25). The molecule has 0 saturated carbocycles. The summed E-state index contributed by atoms with van der Waals surface area (Å²) in [6.07, 6.45) is -1.84. The molecule has 1 N–H and O–H groups in total. The molecule has 0 fully saturated rings. The van der Waals surface area contributed by atoms with Crippen LogP contribution in [0.2, 0.25) is 0 Å². The van der Waals surface area contributed by atoms with E-state index >= 15 is 0 Å². The predicted molar refractivity (Wildman–Crippen MR) is 104 cm³/mol. The topological polar surface area (TPSA) is 94.2 Å². The number of ether oxygens (including phenoxy) is 3. The van der Waals surface area contributed by atoms with Crippen LogP contribution in [0.1, 0.15) is 25.0 Å². The lowest BCUT2D eigenvalue weighted by atomic mass is 10.1. The van der Waals surface area contributed by atoms with Crippen molar-refractivity contribution >= 4 is 18.2 Å². The van der Waals surface area contributed by atoms with E-state index in [9.17, 15) is 14.4 Å². The summed E-state index contributed by atoms with van der Waals surface area (Å²) in [5.41, 5.74) is 2.27. The van der Waals surface area contributed by atoms with E-state index in [2.05, 4.69) is 5.43 Å². The minimum atomic E-state index is -1.53. The molecule has 2 amide bonds. The summed E-state index contributed by atoms with van der Waals surface area (Å²) >= 11 is 0. The minimum absolute atomic E-state index is 0.00176. The average Bonchev–Trinajstić information content (AvgIpc) is 2.75. The van der Waals surface area contributed by atoms with E-state index in [1.165, 1.54) is 21.0 Å². The number of rotatable bonds is 6. The molecule has 2 aromatic rings. The zero-order chi connectivity index (χ0) is 21.3. The fraction of sp³-hybridized carbons (Fsp3) is 0.286. The van der Waals surface area contributed by atoms with Crippen molar-refractivity contribution < 1.29 is 28.6 Å². The van der Waals surface area contributed by atoms with Gasteiger partial charge in [0, 0.05) is 0 Å². The van der Waals surface area contributed by atoms with Crippen molar-refractivity contribution in [3.05, 3.63) is 71.8 Å². The highest BCUT2D eigenvalue weighted by Gasteiger charge is 2.42. The van der Waals surface area contributed by atoms with Gasteiger partial charge in [0.15, 0.2) is 5.54 Å². The number of amides is 2. The first-order valence-corrected chi connectivity index (χ1v) is 8.91. The molecule has 8 heteroatoms. The molecule has 8 nitrogen and oxygen atoms in total. The Bertz CT molecular complexity index is 824. The number of carbonyl (C=O) groups excluding carboxylic acids is 3. The van der Waals surface area contributed by atoms with Crippen LogP contribution < -0.4 is 5.43 Å². The molecule has 0 saturated heterocycles. The second kappa shape index (κ2) is 10.1. The highest BCUT2D eigenvalue weighted by molar-refractivity contribution is 5.86. The monoisotopic (exact) mass is 400 g/mol. The fourth-order valence-corrected chi connectivity index (χ4v) is 2.39. The van der Waals surface area contributed by atoms with Gasteiger partial charge in [0.25, 0.3) is 0 Å². The number of hydrazine groups is 1. The molecular weight excluding hydrogens is 376 g/mol. The molecule has 0 aliphatic rings. The number of hydrogen-bond acceptors (Lipinski definition) is 6. The van der Waals surface area contributed by atoms with Crippen molar-refractivity contribution in [3.8, 4) is 0 Å². The van der Waals surface area contributed by atoms with Crippen LogP contribution in [0.15, 0.2) is 60.7 Å². The number of methoxy groups -OCH3 is 1. The van der Waals surface area contributed by atoms with Gasteiger partial charge in [-0.2, -0.15) is 5.01 Å². The third-order valence-electron chi connectivity index (χ3n) is 4.05. The molecule has 0 spiro atoms. The Balaban J connectivity index is 2.06. The lowest BCUT2D eigenvalue weighted by Crippen LogP contribution is -2.61. The number of hydrogen-bond donors (Lipinski definition) is 1. The fourth-order valence-electron chi connectivity index (χ4n) is 2.39. The minimum Gasteiger partial charge on any atom is -0.467 e. The van der Waals surface area contributed by atoms with Gasteiger partial charge < -0.3 is 14.2 Å². The highest BCUT2D eigenvalue weighted by atomic mass is 16.6. The van der Waals surface area contributed by atoms with Crippen molar-refractivity contribution in [1.82, 2.24) is 10.4 Å². The third kappa shape index (κ3) is 6.24. The van der Waals surface area contributed by atoms with E-state index in [1.54, 1.807) is 36.4 Å². The number of nitrogens with one attached hydrogen (secondary N) is 1. The van der Waals surface area contributed by atoms with Crippen LogP contribution in [0.25, 0.3) is 0 Å². The number of esters is 1. The second-order valence-corrected chi connectivity index (χ2v) is 6.60. The molecule has 0 unspecified atom stereocenters. The smallest absolute Gasteiger partial charge is 0.430 e. The van der Waals surface area contributed by atoms with Gasteiger partial charge in [-0.1, -0.05) is 60.7 Å². The Labute approximate surface area is 169 Å². The molecule has 0 aliphatic heterocycles. The SMILES string of the molecule is COC(=O)C(C)(C)N(NC(=O)OCc1ccccc1)C(=O)OCc1ccccc1. The zero-order valence-electron chi connectivity index (χ0n) is 16.6. The van der Waals surface area contributed by atoms with E-state index in [0.29, 0.717) is 0 Å². The van der Waals surface area contributed by atoms with Gasteiger partial charge in [-0.25, -0.2) is 19.8 Å². The van der Waals surface area contributed by atoms with Crippen molar-refractivity contribution in [2.24, 2.45) is 0 Å². The van der Waals surface area contributed by atoms with Crippen LogP contribution in [-0.4, -0.2) is 35.8 Å². The van der Waals surface area contributed by atoms with Gasteiger partial charge in [0.1, 0.15) is 13.2 Å². The summed E-state index contributed by atoms with van der Waals surface area (Å²) in [7, 11) is 1.19. The third-order valence-corrected chi connectivity index (χ3v) is 4.05. The molecule has 0 aliphatic carbocycles. The Morgan fingerprint density at radius 1 is 0.862 bits per heavy atom.